The molecule has 0 aliphatic rings. The second kappa shape index (κ2) is 4.88. The zero-order valence-corrected chi connectivity index (χ0v) is 11.8. The fourth-order valence-electron chi connectivity index (χ4n) is 1.57. The molecule has 2 heterocycles. The lowest BCUT2D eigenvalue weighted by Crippen LogP contribution is -1.84. The number of aromatic nitrogens is 2. The van der Waals surface area contributed by atoms with Gasteiger partial charge in [0.05, 0.1) is 10.7 Å². The standard InChI is InChI=1S/C12H7ClFN3S2/c13-7-3-6(1-2-8(7)14)9-4-18-11(16-9)10-5-19-12(15)17-10/h1-5H,(H2,15,17). The topological polar surface area (TPSA) is 51.8 Å². The number of thiazole rings is 2. The zero-order chi connectivity index (χ0) is 13.4. The Bertz CT molecular complexity index is 738. The van der Waals surface area contributed by atoms with Crippen LogP contribution in [0, 0.1) is 5.82 Å². The van der Waals surface area contributed by atoms with Gasteiger partial charge in [0.15, 0.2) is 5.13 Å². The van der Waals surface area contributed by atoms with Crippen molar-refractivity contribution in [3.8, 4) is 22.0 Å². The highest BCUT2D eigenvalue weighted by Gasteiger charge is 2.10. The third-order valence-electron chi connectivity index (χ3n) is 2.46. The van der Waals surface area contributed by atoms with Crippen LogP contribution in [0.5, 0.6) is 0 Å². The van der Waals surface area contributed by atoms with Crippen molar-refractivity contribution in [3.63, 3.8) is 0 Å². The Balaban J connectivity index is 1.98. The van der Waals surface area contributed by atoms with Crippen LogP contribution in [0.2, 0.25) is 5.02 Å². The minimum absolute atomic E-state index is 0.0879. The first-order chi connectivity index (χ1) is 9.13. The largest absolute Gasteiger partial charge is 0.375 e. The van der Waals surface area contributed by atoms with Gasteiger partial charge in [0.25, 0.3) is 0 Å². The van der Waals surface area contributed by atoms with Crippen molar-refractivity contribution in [1.82, 2.24) is 9.97 Å². The molecule has 0 radical (unpaired) electrons. The molecule has 2 N–H and O–H groups in total. The number of rotatable bonds is 2. The highest BCUT2D eigenvalue weighted by molar-refractivity contribution is 7.15. The molecule has 0 amide bonds. The minimum Gasteiger partial charge on any atom is -0.375 e. The number of nitrogen functional groups attached to an aromatic ring is 1. The predicted octanol–water partition coefficient (Wildman–Crippen LogP) is 4.31. The molecule has 0 atom stereocenters. The number of hydrogen-bond acceptors (Lipinski definition) is 5. The molecule has 0 aliphatic carbocycles. The van der Waals surface area contributed by atoms with Gasteiger partial charge in [0.1, 0.15) is 16.5 Å². The molecule has 2 aromatic heterocycles. The number of halogens is 2. The summed E-state index contributed by atoms with van der Waals surface area (Å²) < 4.78 is 13.1. The SMILES string of the molecule is Nc1nc(-c2nc(-c3ccc(F)c(Cl)c3)cs2)cs1. The normalized spacial score (nSPS) is 10.8. The quantitative estimate of drug-likeness (QED) is 0.767. The van der Waals surface area contributed by atoms with Crippen LogP contribution < -0.4 is 5.73 Å². The van der Waals surface area contributed by atoms with Crippen LogP contribution >= 0.6 is 34.3 Å². The van der Waals surface area contributed by atoms with Gasteiger partial charge in [-0.3, -0.25) is 0 Å². The van der Waals surface area contributed by atoms with Crippen LogP contribution in [0.4, 0.5) is 9.52 Å². The maximum Gasteiger partial charge on any atom is 0.180 e. The summed E-state index contributed by atoms with van der Waals surface area (Å²) >= 11 is 8.60. The monoisotopic (exact) mass is 311 g/mol. The molecule has 0 saturated carbocycles. The van der Waals surface area contributed by atoms with Crippen LogP contribution in [0.3, 0.4) is 0 Å². The van der Waals surface area contributed by atoms with E-state index in [1.165, 1.54) is 28.7 Å². The molecule has 7 heteroatoms. The van der Waals surface area contributed by atoms with E-state index in [1.807, 2.05) is 10.8 Å². The van der Waals surface area contributed by atoms with E-state index in [1.54, 1.807) is 12.1 Å². The van der Waals surface area contributed by atoms with Gasteiger partial charge in [0.2, 0.25) is 0 Å². The molecule has 1 aromatic carbocycles. The molecule has 0 bridgehead atoms. The number of nitrogens with zero attached hydrogens (tertiary/aromatic N) is 2. The smallest absolute Gasteiger partial charge is 0.180 e. The van der Waals surface area contributed by atoms with Gasteiger partial charge in [-0.1, -0.05) is 11.6 Å². The average Bonchev–Trinajstić information content (AvgIpc) is 3.01. The molecule has 3 nitrogen and oxygen atoms in total. The zero-order valence-electron chi connectivity index (χ0n) is 9.43. The Morgan fingerprint density at radius 2 is 1.89 bits per heavy atom. The van der Waals surface area contributed by atoms with E-state index < -0.39 is 5.82 Å². The lowest BCUT2D eigenvalue weighted by atomic mass is 10.2. The van der Waals surface area contributed by atoms with E-state index in [0.717, 1.165) is 22.0 Å². The molecule has 0 spiro atoms. The summed E-state index contributed by atoms with van der Waals surface area (Å²) in [6, 6.07) is 4.54. The summed E-state index contributed by atoms with van der Waals surface area (Å²) in [5.41, 5.74) is 7.87. The summed E-state index contributed by atoms with van der Waals surface area (Å²) in [7, 11) is 0. The van der Waals surface area contributed by atoms with Crippen molar-refractivity contribution in [1.29, 1.82) is 0 Å². The van der Waals surface area contributed by atoms with Crippen molar-refractivity contribution in [3.05, 3.63) is 39.8 Å². The third kappa shape index (κ3) is 2.47. The average molecular weight is 312 g/mol. The van der Waals surface area contributed by atoms with E-state index in [9.17, 15) is 4.39 Å². The van der Waals surface area contributed by atoms with Gasteiger partial charge < -0.3 is 5.73 Å². The van der Waals surface area contributed by atoms with Crippen LogP contribution in [0.1, 0.15) is 0 Å². The van der Waals surface area contributed by atoms with Gasteiger partial charge in [-0.25, -0.2) is 14.4 Å². The van der Waals surface area contributed by atoms with Crippen LogP contribution in [-0.2, 0) is 0 Å². The molecule has 96 valence electrons. The van der Waals surface area contributed by atoms with Crippen molar-refractivity contribution in [2.75, 3.05) is 5.73 Å². The van der Waals surface area contributed by atoms with Gasteiger partial charge in [-0.2, -0.15) is 0 Å². The van der Waals surface area contributed by atoms with Crippen molar-refractivity contribution >= 4 is 39.4 Å². The fraction of sp³-hybridized carbons (Fsp3) is 0. The highest BCUT2D eigenvalue weighted by Crippen LogP contribution is 2.31. The predicted molar refractivity (Wildman–Crippen MR) is 78.0 cm³/mol. The van der Waals surface area contributed by atoms with E-state index in [0.29, 0.717) is 5.13 Å². The number of nitrogens with two attached hydrogens (primary N) is 1. The maximum absolute atomic E-state index is 13.1. The Kier molecular flexibility index (Phi) is 3.22. The minimum atomic E-state index is -0.437. The molecule has 0 aliphatic heterocycles. The Morgan fingerprint density at radius 3 is 2.58 bits per heavy atom. The molecule has 19 heavy (non-hydrogen) atoms. The number of hydrogen-bond donors (Lipinski definition) is 1. The summed E-state index contributed by atoms with van der Waals surface area (Å²) in [6.07, 6.45) is 0. The van der Waals surface area contributed by atoms with E-state index >= 15 is 0 Å². The first-order valence-electron chi connectivity index (χ1n) is 5.26. The fourth-order valence-corrected chi connectivity index (χ4v) is 3.16. The second-order valence-corrected chi connectivity index (χ2v) is 5.89. The number of anilines is 1. The van der Waals surface area contributed by atoms with Crippen molar-refractivity contribution in [2.24, 2.45) is 0 Å². The second-order valence-electron chi connectivity index (χ2n) is 3.74. The van der Waals surface area contributed by atoms with Gasteiger partial charge >= 0.3 is 0 Å². The Hall–Kier alpha value is -1.50. The van der Waals surface area contributed by atoms with Crippen molar-refractivity contribution < 1.29 is 4.39 Å². The van der Waals surface area contributed by atoms with Gasteiger partial charge in [-0.15, -0.1) is 22.7 Å². The van der Waals surface area contributed by atoms with Gasteiger partial charge in [0, 0.05) is 16.3 Å². The van der Waals surface area contributed by atoms with E-state index in [4.69, 9.17) is 17.3 Å². The summed E-state index contributed by atoms with van der Waals surface area (Å²) in [4.78, 5) is 8.64. The van der Waals surface area contributed by atoms with Crippen molar-refractivity contribution in [2.45, 2.75) is 0 Å². The number of benzene rings is 1. The molecule has 3 aromatic rings. The van der Waals surface area contributed by atoms with Crippen LogP contribution in [-0.4, -0.2) is 9.97 Å². The Morgan fingerprint density at radius 1 is 1.11 bits per heavy atom. The maximum atomic E-state index is 13.1. The molecule has 3 rings (SSSR count). The highest BCUT2D eigenvalue weighted by atomic mass is 35.5. The van der Waals surface area contributed by atoms with E-state index in [-0.39, 0.29) is 5.02 Å². The molecule has 0 saturated heterocycles. The molecule has 0 unspecified atom stereocenters. The van der Waals surface area contributed by atoms with Gasteiger partial charge in [-0.05, 0) is 18.2 Å². The molecular weight excluding hydrogens is 305 g/mol. The van der Waals surface area contributed by atoms with Crippen LogP contribution in [0.15, 0.2) is 29.0 Å². The first-order valence-corrected chi connectivity index (χ1v) is 7.39. The lowest BCUT2D eigenvalue weighted by Gasteiger charge is -1.98. The van der Waals surface area contributed by atoms with E-state index in [2.05, 4.69) is 9.97 Å². The molecular formula is C12H7ClFN3S2. The summed E-state index contributed by atoms with van der Waals surface area (Å²) in [6.45, 7) is 0. The van der Waals surface area contributed by atoms with Crippen LogP contribution in [0.25, 0.3) is 22.0 Å². The summed E-state index contributed by atoms with van der Waals surface area (Å²) in [5.74, 6) is -0.437. The lowest BCUT2D eigenvalue weighted by molar-refractivity contribution is 0.628. The first kappa shape index (κ1) is 12.5. The third-order valence-corrected chi connectivity index (χ3v) is 4.29. The Labute approximate surface area is 121 Å². The molecule has 0 fully saturated rings. The summed E-state index contributed by atoms with van der Waals surface area (Å²) in [5, 5.41) is 5.12.